The lowest BCUT2D eigenvalue weighted by molar-refractivity contribution is 0.102. The summed E-state index contributed by atoms with van der Waals surface area (Å²) in [5, 5.41) is 3.00. The standard InChI is InChI=1S/C13H13ClN4O2/c1-20-10-4-2-3-9(6-10)17-13(19)8-5-11(14)12(18-15)16-7-8/h2-7H,15H2,1H3,(H,16,18)(H,17,19). The van der Waals surface area contributed by atoms with E-state index in [1.807, 2.05) is 0 Å². The van der Waals surface area contributed by atoms with Crippen LogP contribution in [0.25, 0.3) is 0 Å². The monoisotopic (exact) mass is 292 g/mol. The Morgan fingerprint density at radius 2 is 2.20 bits per heavy atom. The summed E-state index contributed by atoms with van der Waals surface area (Å²) in [6.45, 7) is 0. The highest BCUT2D eigenvalue weighted by Gasteiger charge is 2.10. The fourth-order valence-electron chi connectivity index (χ4n) is 1.57. The lowest BCUT2D eigenvalue weighted by atomic mass is 10.2. The molecule has 104 valence electrons. The van der Waals surface area contributed by atoms with Gasteiger partial charge in [0.25, 0.3) is 5.91 Å². The van der Waals surface area contributed by atoms with Crippen LogP contribution in [0.3, 0.4) is 0 Å². The van der Waals surface area contributed by atoms with E-state index in [9.17, 15) is 4.79 Å². The molecule has 0 fully saturated rings. The third-order valence-corrected chi connectivity index (χ3v) is 2.86. The van der Waals surface area contributed by atoms with Crippen molar-refractivity contribution in [2.75, 3.05) is 17.9 Å². The van der Waals surface area contributed by atoms with Gasteiger partial charge in [-0.2, -0.15) is 0 Å². The molecule has 1 aromatic carbocycles. The van der Waals surface area contributed by atoms with Gasteiger partial charge in [-0.05, 0) is 18.2 Å². The Kier molecular flexibility index (Phi) is 4.39. The number of carbonyl (C=O) groups excluding carboxylic acids is 1. The maximum atomic E-state index is 12.1. The average molecular weight is 293 g/mol. The molecule has 0 saturated carbocycles. The van der Waals surface area contributed by atoms with E-state index in [0.29, 0.717) is 22.8 Å². The summed E-state index contributed by atoms with van der Waals surface area (Å²) in [4.78, 5) is 16.0. The van der Waals surface area contributed by atoms with Gasteiger partial charge >= 0.3 is 0 Å². The molecular weight excluding hydrogens is 280 g/mol. The minimum absolute atomic E-state index is 0.269. The van der Waals surface area contributed by atoms with Crippen molar-refractivity contribution in [2.24, 2.45) is 5.84 Å². The number of nitrogen functional groups attached to an aromatic ring is 1. The van der Waals surface area contributed by atoms with Crippen LogP contribution in [0.15, 0.2) is 36.5 Å². The van der Waals surface area contributed by atoms with E-state index < -0.39 is 0 Å². The molecule has 0 unspecified atom stereocenters. The quantitative estimate of drug-likeness (QED) is 0.594. The summed E-state index contributed by atoms with van der Waals surface area (Å²) < 4.78 is 5.08. The van der Waals surface area contributed by atoms with Gasteiger partial charge in [-0.15, -0.1) is 0 Å². The summed E-state index contributed by atoms with van der Waals surface area (Å²) in [5.41, 5.74) is 3.28. The summed E-state index contributed by atoms with van der Waals surface area (Å²) in [5.74, 6) is 5.86. The zero-order valence-electron chi connectivity index (χ0n) is 10.7. The van der Waals surface area contributed by atoms with Crippen molar-refractivity contribution < 1.29 is 9.53 Å². The molecule has 0 bridgehead atoms. The van der Waals surface area contributed by atoms with Gasteiger partial charge < -0.3 is 15.5 Å². The second-order valence-electron chi connectivity index (χ2n) is 3.88. The molecule has 0 aliphatic heterocycles. The molecule has 4 N–H and O–H groups in total. The van der Waals surface area contributed by atoms with E-state index in [-0.39, 0.29) is 10.9 Å². The Morgan fingerprint density at radius 1 is 1.40 bits per heavy atom. The predicted molar refractivity (Wildman–Crippen MR) is 78.0 cm³/mol. The Bertz CT molecular complexity index is 634. The summed E-state index contributed by atoms with van der Waals surface area (Å²) in [6, 6.07) is 8.52. The Labute approximate surface area is 120 Å². The largest absolute Gasteiger partial charge is 0.497 e. The number of pyridine rings is 1. The minimum atomic E-state index is -0.323. The Balaban J connectivity index is 2.17. The normalized spacial score (nSPS) is 9.95. The average Bonchev–Trinajstić information content (AvgIpc) is 2.47. The molecule has 6 nitrogen and oxygen atoms in total. The number of methoxy groups -OCH3 is 1. The number of carbonyl (C=O) groups is 1. The van der Waals surface area contributed by atoms with E-state index in [0.717, 1.165) is 0 Å². The van der Waals surface area contributed by atoms with Crippen LogP contribution in [-0.2, 0) is 0 Å². The van der Waals surface area contributed by atoms with Crippen LogP contribution >= 0.6 is 11.6 Å². The SMILES string of the molecule is COc1cccc(NC(=O)c2cnc(NN)c(Cl)c2)c1. The third-order valence-electron chi connectivity index (χ3n) is 2.57. The molecule has 2 rings (SSSR count). The highest BCUT2D eigenvalue weighted by molar-refractivity contribution is 6.33. The molecule has 1 aromatic heterocycles. The number of amides is 1. The van der Waals surface area contributed by atoms with E-state index >= 15 is 0 Å². The van der Waals surface area contributed by atoms with E-state index in [1.54, 1.807) is 31.4 Å². The fraction of sp³-hybridized carbons (Fsp3) is 0.0769. The van der Waals surface area contributed by atoms with Crippen LogP contribution in [0, 0.1) is 0 Å². The Morgan fingerprint density at radius 3 is 2.85 bits per heavy atom. The number of benzene rings is 1. The first-order valence-electron chi connectivity index (χ1n) is 5.71. The van der Waals surface area contributed by atoms with Crippen LogP contribution in [0.4, 0.5) is 11.5 Å². The summed E-state index contributed by atoms with van der Waals surface area (Å²) in [7, 11) is 1.56. The second kappa shape index (κ2) is 6.23. The minimum Gasteiger partial charge on any atom is -0.497 e. The number of anilines is 2. The zero-order valence-corrected chi connectivity index (χ0v) is 11.4. The van der Waals surface area contributed by atoms with Crippen LogP contribution in [0.2, 0.25) is 5.02 Å². The van der Waals surface area contributed by atoms with Gasteiger partial charge in [-0.3, -0.25) is 4.79 Å². The van der Waals surface area contributed by atoms with Crippen molar-refractivity contribution in [1.29, 1.82) is 0 Å². The van der Waals surface area contributed by atoms with Crippen molar-refractivity contribution in [1.82, 2.24) is 4.98 Å². The molecule has 2 aromatic rings. The molecule has 0 aliphatic rings. The number of nitrogens with two attached hydrogens (primary N) is 1. The molecule has 1 amide bonds. The number of ether oxygens (including phenoxy) is 1. The first kappa shape index (κ1) is 14.1. The van der Waals surface area contributed by atoms with Crippen LogP contribution in [-0.4, -0.2) is 18.0 Å². The molecule has 0 radical (unpaired) electrons. The molecule has 0 atom stereocenters. The van der Waals surface area contributed by atoms with E-state index in [4.69, 9.17) is 22.2 Å². The summed E-state index contributed by atoms with van der Waals surface area (Å²) in [6.07, 6.45) is 1.39. The fourth-order valence-corrected chi connectivity index (χ4v) is 1.79. The number of halogens is 1. The van der Waals surface area contributed by atoms with Crippen molar-refractivity contribution in [3.8, 4) is 5.75 Å². The summed E-state index contributed by atoms with van der Waals surface area (Å²) >= 11 is 5.92. The number of aromatic nitrogens is 1. The topological polar surface area (TPSA) is 89.3 Å². The number of hydrogen-bond acceptors (Lipinski definition) is 5. The highest BCUT2D eigenvalue weighted by Crippen LogP contribution is 2.21. The van der Waals surface area contributed by atoms with Crippen LogP contribution < -0.4 is 21.3 Å². The van der Waals surface area contributed by atoms with Crippen LogP contribution in [0.5, 0.6) is 5.75 Å². The highest BCUT2D eigenvalue weighted by atomic mass is 35.5. The molecule has 20 heavy (non-hydrogen) atoms. The number of nitrogens with one attached hydrogen (secondary N) is 2. The second-order valence-corrected chi connectivity index (χ2v) is 4.29. The number of hydrogen-bond donors (Lipinski definition) is 3. The van der Waals surface area contributed by atoms with Crippen LogP contribution in [0.1, 0.15) is 10.4 Å². The molecule has 0 spiro atoms. The number of rotatable bonds is 4. The molecular formula is C13H13ClN4O2. The van der Waals surface area contributed by atoms with Gasteiger partial charge in [0.2, 0.25) is 0 Å². The molecule has 1 heterocycles. The maximum Gasteiger partial charge on any atom is 0.257 e. The van der Waals surface area contributed by atoms with Crippen molar-refractivity contribution in [3.63, 3.8) is 0 Å². The van der Waals surface area contributed by atoms with Gasteiger partial charge in [0.15, 0.2) is 5.82 Å². The number of nitrogens with zero attached hydrogens (tertiary/aromatic N) is 1. The maximum absolute atomic E-state index is 12.1. The predicted octanol–water partition coefficient (Wildman–Crippen LogP) is 2.28. The smallest absolute Gasteiger partial charge is 0.257 e. The lowest BCUT2D eigenvalue weighted by Crippen LogP contribution is -2.14. The van der Waals surface area contributed by atoms with Gasteiger partial charge in [0.05, 0.1) is 17.7 Å². The third kappa shape index (κ3) is 3.17. The molecule has 7 heteroatoms. The van der Waals surface area contributed by atoms with Gasteiger partial charge in [0.1, 0.15) is 5.75 Å². The lowest BCUT2D eigenvalue weighted by Gasteiger charge is -2.08. The van der Waals surface area contributed by atoms with Gasteiger partial charge in [-0.1, -0.05) is 17.7 Å². The molecule has 0 aliphatic carbocycles. The van der Waals surface area contributed by atoms with Crippen molar-refractivity contribution in [3.05, 3.63) is 47.1 Å². The van der Waals surface area contributed by atoms with Crippen molar-refractivity contribution in [2.45, 2.75) is 0 Å². The molecule has 0 saturated heterocycles. The number of hydrazine groups is 1. The van der Waals surface area contributed by atoms with E-state index in [2.05, 4.69) is 15.7 Å². The van der Waals surface area contributed by atoms with Gasteiger partial charge in [0, 0.05) is 18.0 Å². The van der Waals surface area contributed by atoms with Gasteiger partial charge in [-0.25, -0.2) is 10.8 Å². The first-order valence-corrected chi connectivity index (χ1v) is 6.09. The Hall–Kier alpha value is -2.31. The first-order chi connectivity index (χ1) is 9.63. The van der Waals surface area contributed by atoms with E-state index in [1.165, 1.54) is 12.3 Å². The zero-order chi connectivity index (χ0) is 14.5. The van der Waals surface area contributed by atoms with Crippen molar-refractivity contribution >= 4 is 29.0 Å².